The first-order valence-corrected chi connectivity index (χ1v) is 10.5. The molecule has 1 aromatic carbocycles. The van der Waals surface area contributed by atoms with E-state index in [0.717, 1.165) is 34.2 Å². The highest BCUT2D eigenvalue weighted by molar-refractivity contribution is 8.27. The second kappa shape index (κ2) is 6.85. The number of hydrogen-bond acceptors (Lipinski definition) is 6. The highest BCUT2D eigenvalue weighted by Crippen LogP contribution is 2.53. The van der Waals surface area contributed by atoms with E-state index in [1.54, 1.807) is 30.8 Å². The van der Waals surface area contributed by atoms with E-state index in [9.17, 15) is 4.79 Å². The van der Waals surface area contributed by atoms with Gasteiger partial charge >= 0.3 is 0 Å². The van der Waals surface area contributed by atoms with Crippen LogP contribution in [0.3, 0.4) is 0 Å². The molecule has 1 saturated carbocycles. The Balaban J connectivity index is 1.81. The SMILES string of the molecule is COc1ccc2c(c1)N(C1CCCCC1)/C(=C1\SC(=S)N(C)C1=O)S2. The average Bonchev–Trinajstić information content (AvgIpc) is 3.14. The number of carbonyl (C=O) groups excluding carboxylic acids is 1. The van der Waals surface area contributed by atoms with Gasteiger partial charge in [0.05, 0.1) is 12.8 Å². The van der Waals surface area contributed by atoms with Crippen molar-refractivity contribution in [2.24, 2.45) is 0 Å². The summed E-state index contributed by atoms with van der Waals surface area (Å²) < 4.78 is 6.07. The van der Waals surface area contributed by atoms with Gasteiger partial charge in [0.25, 0.3) is 5.91 Å². The van der Waals surface area contributed by atoms with Crippen LogP contribution < -0.4 is 9.64 Å². The number of benzene rings is 1. The van der Waals surface area contributed by atoms with Gasteiger partial charge in [0.15, 0.2) is 0 Å². The van der Waals surface area contributed by atoms with Crippen molar-refractivity contribution in [2.45, 2.75) is 43.0 Å². The van der Waals surface area contributed by atoms with E-state index in [1.807, 2.05) is 6.07 Å². The minimum atomic E-state index is 0.0121. The second-order valence-corrected chi connectivity index (χ2v) is 9.14. The fraction of sp³-hybridized carbons (Fsp3) is 0.444. The Hall–Kier alpha value is -1.18. The van der Waals surface area contributed by atoms with Crippen LogP contribution in [0.5, 0.6) is 5.75 Å². The summed E-state index contributed by atoms with van der Waals surface area (Å²) in [6.45, 7) is 0. The van der Waals surface area contributed by atoms with Gasteiger partial charge in [-0.05, 0) is 25.0 Å². The van der Waals surface area contributed by atoms with E-state index in [4.69, 9.17) is 17.0 Å². The van der Waals surface area contributed by atoms with Gasteiger partial charge in [0.2, 0.25) is 0 Å². The van der Waals surface area contributed by atoms with Crippen LogP contribution in [-0.2, 0) is 4.79 Å². The maximum absolute atomic E-state index is 12.7. The number of carbonyl (C=O) groups is 1. The number of anilines is 1. The zero-order valence-electron chi connectivity index (χ0n) is 14.3. The molecule has 0 spiro atoms. The van der Waals surface area contributed by atoms with Crippen molar-refractivity contribution in [1.82, 2.24) is 4.90 Å². The van der Waals surface area contributed by atoms with Crippen molar-refractivity contribution >= 4 is 51.7 Å². The smallest absolute Gasteiger partial charge is 0.268 e. The molecular weight excluding hydrogens is 372 g/mol. The van der Waals surface area contributed by atoms with Crippen molar-refractivity contribution in [3.63, 3.8) is 0 Å². The third-order valence-corrected chi connectivity index (χ3v) is 7.78. The molecule has 4 nitrogen and oxygen atoms in total. The second-order valence-electron chi connectivity index (χ2n) is 6.46. The van der Waals surface area contributed by atoms with Gasteiger partial charge in [-0.3, -0.25) is 9.69 Å². The molecule has 0 unspecified atom stereocenters. The van der Waals surface area contributed by atoms with Crippen LogP contribution >= 0.6 is 35.7 Å². The minimum Gasteiger partial charge on any atom is -0.497 e. The molecule has 0 atom stereocenters. The zero-order valence-corrected chi connectivity index (χ0v) is 16.7. The van der Waals surface area contributed by atoms with Crippen LogP contribution in [0, 0.1) is 0 Å². The lowest BCUT2D eigenvalue weighted by Gasteiger charge is -2.34. The number of amides is 1. The topological polar surface area (TPSA) is 32.8 Å². The zero-order chi connectivity index (χ0) is 17.6. The summed E-state index contributed by atoms with van der Waals surface area (Å²) >= 11 is 8.44. The Morgan fingerprint density at radius 2 is 1.96 bits per heavy atom. The van der Waals surface area contributed by atoms with Crippen LogP contribution in [0.1, 0.15) is 32.1 Å². The number of ether oxygens (including phenoxy) is 1. The number of methoxy groups -OCH3 is 1. The highest BCUT2D eigenvalue weighted by atomic mass is 32.2. The number of thiocarbonyl (C=S) groups is 1. The normalized spacial score (nSPS) is 24.2. The summed E-state index contributed by atoms with van der Waals surface area (Å²) in [6.07, 6.45) is 6.11. The molecule has 2 aliphatic heterocycles. The Labute approximate surface area is 162 Å². The van der Waals surface area contributed by atoms with Crippen molar-refractivity contribution in [1.29, 1.82) is 0 Å². The first-order valence-electron chi connectivity index (χ1n) is 8.49. The molecule has 0 aromatic heterocycles. The standard InChI is InChI=1S/C18H20N2O2S3/c1-19-16(21)15(25-18(19)23)17-20(11-6-4-3-5-7-11)13-10-12(22-2)8-9-14(13)24-17/h8-11H,3-7H2,1-2H3/b17-15+. The fourth-order valence-corrected chi connectivity index (χ4v) is 6.11. The minimum absolute atomic E-state index is 0.0121. The molecule has 0 bridgehead atoms. The fourth-order valence-electron chi connectivity index (χ4n) is 3.59. The Kier molecular flexibility index (Phi) is 4.73. The van der Waals surface area contributed by atoms with E-state index < -0.39 is 0 Å². The lowest BCUT2D eigenvalue weighted by Crippen LogP contribution is -2.34. The third kappa shape index (κ3) is 2.96. The molecule has 132 valence electrons. The molecule has 2 heterocycles. The Morgan fingerprint density at radius 1 is 1.20 bits per heavy atom. The maximum atomic E-state index is 12.7. The number of thioether (sulfide) groups is 2. The third-order valence-electron chi connectivity index (χ3n) is 4.95. The first kappa shape index (κ1) is 17.2. The van der Waals surface area contributed by atoms with Gasteiger partial charge in [-0.2, -0.15) is 0 Å². The quantitative estimate of drug-likeness (QED) is 0.540. The molecule has 1 aromatic rings. The molecule has 1 amide bonds. The van der Waals surface area contributed by atoms with Gasteiger partial charge in [-0.1, -0.05) is 55.0 Å². The lowest BCUT2D eigenvalue weighted by atomic mass is 9.94. The Morgan fingerprint density at radius 3 is 2.60 bits per heavy atom. The molecule has 4 rings (SSSR count). The monoisotopic (exact) mass is 392 g/mol. The van der Waals surface area contributed by atoms with Crippen LogP contribution in [0.2, 0.25) is 0 Å². The molecule has 3 aliphatic rings. The van der Waals surface area contributed by atoms with Crippen molar-refractivity contribution in [2.75, 3.05) is 19.1 Å². The molecule has 7 heteroatoms. The number of nitrogens with zero attached hydrogens (tertiary/aromatic N) is 2. The van der Waals surface area contributed by atoms with E-state index >= 15 is 0 Å². The predicted molar refractivity (Wildman–Crippen MR) is 108 cm³/mol. The van der Waals surface area contributed by atoms with Crippen molar-refractivity contribution in [3.05, 3.63) is 28.1 Å². The summed E-state index contributed by atoms with van der Waals surface area (Å²) in [5.41, 5.74) is 1.16. The number of rotatable bonds is 2. The predicted octanol–water partition coefficient (Wildman–Crippen LogP) is 4.60. The molecule has 0 N–H and O–H groups in total. The molecule has 0 radical (unpaired) electrons. The molecule has 1 aliphatic carbocycles. The van der Waals surface area contributed by atoms with Crippen LogP contribution in [0.15, 0.2) is 33.0 Å². The number of fused-ring (bicyclic) bond motifs is 1. The summed E-state index contributed by atoms with van der Waals surface area (Å²) in [4.78, 5) is 18.6. The number of likely N-dealkylation sites (N-methyl/N-ethyl adjacent to an activating group) is 1. The summed E-state index contributed by atoms with van der Waals surface area (Å²) in [6, 6.07) is 6.61. The van der Waals surface area contributed by atoms with Gasteiger partial charge in [0.1, 0.15) is 20.0 Å². The van der Waals surface area contributed by atoms with E-state index in [2.05, 4.69) is 17.0 Å². The largest absolute Gasteiger partial charge is 0.497 e. The summed E-state index contributed by atoms with van der Waals surface area (Å²) in [7, 11) is 3.45. The average molecular weight is 393 g/mol. The Bertz CT molecular complexity index is 772. The molecule has 2 fully saturated rings. The molecular formula is C18H20N2O2S3. The first-order chi connectivity index (χ1) is 12.1. The lowest BCUT2D eigenvalue weighted by molar-refractivity contribution is -0.121. The van der Waals surface area contributed by atoms with Crippen LogP contribution in [0.4, 0.5) is 5.69 Å². The molecule has 25 heavy (non-hydrogen) atoms. The van der Waals surface area contributed by atoms with Gasteiger partial charge in [-0.15, -0.1) is 0 Å². The van der Waals surface area contributed by atoms with Gasteiger partial charge in [-0.25, -0.2) is 0 Å². The molecule has 1 saturated heterocycles. The van der Waals surface area contributed by atoms with E-state index in [-0.39, 0.29) is 5.91 Å². The summed E-state index contributed by atoms with van der Waals surface area (Å²) in [5.74, 6) is 0.863. The van der Waals surface area contributed by atoms with E-state index in [1.165, 1.54) is 35.9 Å². The van der Waals surface area contributed by atoms with Gasteiger partial charge in [0, 0.05) is 24.1 Å². The maximum Gasteiger partial charge on any atom is 0.268 e. The van der Waals surface area contributed by atoms with E-state index in [0.29, 0.717) is 10.4 Å². The van der Waals surface area contributed by atoms with Crippen molar-refractivity contribution < 1.29 is 9.53 Å². The van der Waals surface area contributed by atoms with Gasteiger partial charge < -0.3 is 9.64 Å². The van der Waals surface area contributed by atoms with Crippen molar-refractivity contribution in [3.8, 4) is 5.75 Å². The number of hydrogen-bond donors (Lipinski definition) is 0. The van der Waals surface area contributed by atoms with Crippen LogP contribution in [-0.4, -0.2) is 35.3 Å². The van der Waals surface area contributed by atoms with Crippen LogP contribution in [0.25, 0.3) is 0 Å². The summed E-state index contributed by atoms with van der Waals surface area (Å²) in [5, 5.41) is 1.04. The highest BCUT2D eigenvalue weighted by Gasteiger charge is 2.40.